The normalized spacial score (nSPS) is 26.5. The number of carbonyl (C=O) groups is 2. The maximum Gasteiger partial charge on any atom is 0.306 e. The molecular formula is C53H86O15. The number of esters is 2. The predicted molar refractivity (Wildman–Crippen MR) is 261 cm³/mol. The Hall–Kier alpha value is -3.32. The zero-order chi connectivity index (χ0) is 49.6. The van der Waals surface area contributed by atoms with Gasteiger partial charge in [0.15, 0.2) is 18.7 Å². The van der Waals surface area contributed by atoms with Gasteiger partial charge in [-0.1, -0.05) is 125 Å². The Kier molecular flexibility index (Phi) is 35.2. The lowest BCUT2D eigenvalue weighted by Crippen LogP contribution is -2.61. The first-order chi connectivity index (χ1) is 33.0. The second-order valence-electron chi connectivity index (χ2n) is 17.3. The van der Waals surface area contributed by atoms with Gasteiger partial charge in [-0.2, -0.15) is 0 Å². The number of ether oxygens (including phenoxy) is 6. The van der Waals surface area contributed by atoms with Gasteiger partial charge in [0, 0.05) is 12.8 Å². The highest BCUT2D eigenvalue weighted by molar-refractivity contribution is 5.70. The summed E-state index contributed by atoms with van der Waals surface area (Å²) in [7, 11) is 0. The van der Waals surface area contributed by atoms with E-state index in [1.165, 1.54) is 19.3 Å². The molecule has 15 heteroatoms. The van der Waals surface area contributed by atoms with Crippen LogP contribution >= 0.6 is 0 Å². The molecule has 0 spiro atoms. The number of carbonyl (C=O) groups excluding carboxylic acids is 2. The number of aliphatic hydroxyl groups excluding tert-OH is 7. The van der Waals surface area contributed by atoms with Gasteiger partial charge < -0.3 is 64.2 Å². The maximum absolute atomic E-state index is 13.0. The van der Waals surface area contributed by atoms with Crippen LogP contribution in [0.15, 0.2) is 85.1 Å². The summed E-state index contributed by atoms with van der Waals surface area (Å²) in [6.07, 6.45) is 30.4. The van der Waals surface area contributed by atoms with Gasteiger partial charge in [0.25, 0.3) is 0 Å². The molecule has 0 aromatic rings. The molecule has 4 unspecified atom stereocenters. The van der Waals surface area contributed by atoms with Crippen molar-refractivity contribution in [3.63, 3.8) is 0 Å². The molecule has 0 aliphatic carbocycles. The first-order valence-electron chi connectivity index (χ1n) is 25.2. The zero-order valence-corrected chi connectivity index (χ0v) is 40.8. The molecule has 68 heavy (non-hydrogen) atoms. The number of allylic oxidation sites excluding steroid dienone is 14. The van der Waals surface area contributed by atoms with Gasteiger partial charge in [-0.3, -0.25) is 9.59 Å². The summed E-state index contributed by atoms with van der Waals surface area (Å²) in [6.45, 7) is 2.35. The van der Waals surface area contributed by atoms with Crippen molar-refractivity contribution in [2.45, 2.75) is 210 Å². The summed E-state index contributed by atoms with van der Waals surface area (Å²) in [5, 5.41) is 72.0. The van der Waals surface area contributed by atoms with Crippen molar-refractivity contribution in [3.8, 4) is 0 Å². The molecule has 0 radical (unpaired) electrons. The minimum atomic E-state index is -1.78. The molecule has 0 saturated carbocycles. The molecule has 388 valence electrons. The average Bonchev–Trinajstić information content (AvgIpc) is 3.33. The summed E-state index contributed by atoms with van der Waals surface area (Å²) in [6, 6.07) is 0. The van der Waals surface area contributed by atoms with Crippen LogP contribution in [-0.2, 0) is 38.0 Å². The van der Waals surface area contributed by atoms with Crippen molar-refractivity contribution in [3.05, 3.63) is 85.1 Å². The van der Waals surface area contributed by atoms with Crippen molar-refractivity contribution in [2.75, 3.05) is 26.4 Å². The lowest BCUT2D eigenvalue weighted by atomic mass is 9.98. The van der Waals surface area contributed by atoms with E-state index in [-0.39, 0.29) is 19.4 Å². The van der Waals surface area contributed by atoms with E-state index in [0.717, 1.165) is 83.5 Å². The Balaban J connectivity index is 1.85. The summed E-state index contributed by atoms with van der Waals surface area (Å²) in [5.74, 6) is -1.01. The summed E-state index contributed by atoms with van der Waals surface area (Å²) in [5.41, 5.74) is 0. The van der Waals surface area contributed by atoms with E-state index >= 15 is 0 Å². The number of hydrogen-bond donors (Lipinski definition) is 7. The number of hydrogen-bond acceptors (Lipinski definition) is 15. The molecule has 2 rings (SSSR count). The van der Waals surface area contributed by atoms with Crippen LogP contribution < -0.4 is 0 Å². The van der Waals surface area contributed by atoms with Crippen LogP contribution in [0.5, 0.6) is 0 Å². The van der Waals surface area contributed by atoms with Gasteiger partial charge in [-0.25, -0.2) is 0 Å². The van der Waals surface area contributed by atoms with Gasteiger partial charge in [0.2, 0.25) is 0 Å². The Morgan fingerprint density at radius 3 is 1.47 bits per heavy atom. The van der Waals surface area contributed by atoms with E-state index in [2.05, 4.69) is 98.9 Å². The lowest BCUT2D eigenvalue weighted by Gasteiger charge is -2.42. The third kappa shape index (κ3) is 27.2. The van der Waals surface area contributed by atoms with Crippen LogP contribution in [0, 0.1) is 0 Å². The Labute approximate surface area is 405 Å². The Morgan fingerprint density at radius 2 is 0.926 bits per heavy atom. The zero-order valence-electron chi connectivity index (χ0n) is 40.8. The minimum absolute atomic E-state index is 0.125. The van der Waals surface area contributed by atoms with Crippen LogP contribution in [0.1, 0.15) is 142 Å². The van der Waals surface area contributed by atoms with Crippen molar-refractivity contribution in [1.82, 2.24) is 0 Å². The quantitative estimate of drug-likeness (QED) is 0.0193. The molecule has 11 atom stereocenters. The highest BCUT2D eigenvalue weighted by atomic mass is 16.7. The third-order valence-electron chi connectivity index (χ3n) is 11.4. The van der Waals surface area contributed by atoms with Gasteiger partial charge in [0.05, 0.1) is 19.8 Å². The van der Waals surface area contributed by atoms with E-state index in [4.69, 9.17) is 28.4 Å². The second kappa shape index (κ2) is 39.4. The molecule has 2 heterocycles. The van der Waals surface area contributed by atoms with E-state index in [9.17, 15) is 45.3 Å². The van der Waals surface area contributed by atoms with Gasteiger partial charge in [0.1, 0.15) is 55.4 Å². The van der Waals surface area contributed by atoms with Crippen molar-refractivity contribution in [1.29, 1.82) is 0 Å². The lowest BCUT2D eigenvalue weighted by molar-refractivity contribution is -0.332. The van der Waals surface area contributed by atoms with E-state index < -0.39 is 99.3 Å². The highest BCUT2D eigenvalue weighted by Gasteiger charge is 2.47. The second-order valence-corrected chi connectivity index (χ2v) is 17.3. The smallest absolute Gasteiger partial charge is 0.306 e. The molecule has 0 aromatic carbocycles. The number of unbranched alkanes of at least 4 members (excludes halogenated alkanes) is 9. The molecular weight excluding hydrogens is 877 g/mol. The Bertz CT molecular complexity index is 1510. The van der Waals surface area contributed by atoms with E-state index in [1.807, 2.05) is 0 Å². The molecule has 2 aliphatic rings. The predicted octanol–water partition coefficient (Wildman–Crippen LogP) is 6.82. The van der Waals surface area contributed by atoms with Crippen molar-refractivity contribution < 1.29 is 73.8 Å². The fourth-order valence-electron chi connectivity index (χ4n) is 7.21. The van der Waals surface area contributed by atoms with Crippen LogP contribution in [0.4, 0.5) is 0 Å². The van der Waals surface area contributed by atoms with Gasteiger partial charge in [-0.15, -0.1) is 0 Å². The summed E-state index contributed by atoms with van der Waals surface area (Å²) < 4.78 is 33.5. The number of rotatable bonds is 37. The minimum Gasteiger partial charge on any atom is -0.462 e. The van der Waals surface area contributed by atoms with Crippen molar-refractivity contribution >= 4 is 11.9 Å². The van der Waals surface area contributed by atoms with Crippen LogP contribution in [0.2, 0.25) is 0 Å². The molecule has 0 amide bonds. The van der Waals surface area contributed by atoms with Gasteiger partial charge >= 0.3 is 11.9 Å². The molecule has 2 aliphatic heterocycles. The molecule has 0 aromatic heterocycles. The molecule has 2 saturated heterocycles. The van der Waals surface area contributed by atoms with Crippen LogP contribution in [0.3, 0.4) is 0 Å². The first kappa shape index (κ1) is 60.8. The topological polar surface area (TPSA) is 231 Å². The Morgan fingerprint density at radius 1 is 0.485 bits per heavy atom. The van der Waals surface area contributed by atoms with Gasteiger partial charge in [-0.05, 0) is 89.9 Å². The fraction of sp³-hybridized carbons (Fsp3) is 0.698. The largest absolute Gasteiger partial charge is 0.462 e. The third-order valence-corrected chi connectivity index (χ3v) is 11.4. The maximum atomic E-state index is 13.0. The number of aliphatic hydroxyl groups is 7. The SMILES string of the molecule is CC/C=C/C/C=C/C/C=C/C/C=C/CCCCC(=O)OC[C@H](CO[C@H]1O[C@@H](CO[C@H]2O[C@@H](CO)[C@@H](O)C(O)C2O)[C@@H](O)C(O)C1O)OC(=O)CCCCCC/C=C/C/C=C/C/C=C/CCCCC. The van der Waals surface area contributed by atoms with Crippen LogP contribution in [-0.4, -0.2) is 142 Å². The monoisotopic (exact) mass is 963 g/mol. The first-order valence-corrected chi connectivity index (χ1v) is 25.2. The van der Waals surface area contributed by atoms with E-state index in [0.29, 0.717) is 12.8 Å². The fourth-order valence-corrected chi connectivity index (χ4v) is 7.21. The molecule has 2 fully saturated rings. The van der Waals surface area contributed by atoms with E-state index in [1.54, 1.807) is 0 Å². The average molecular weight is 963 g/mol. The highest BCUT2D eigenvalue weighted by Crippen LogP contribution is 2.26. The summed E-state index contributed by atoms with van der Waals surface area (Å²) >= 11 is 0. The standard InChI is InChI=1S/C53H86O15/c1-3-5-7-9-11-13-15-17-19-20-22-24-26-28-30-32-34-36-45(56)66-41(38-63-44(55)35-33-31-29-27-25-23-21-18-16-14-12-10-8-6-4-2)39-64-52-51(62)49(60)47(58)43(68-52)40-65-53-50(61)48(59)46(57)42(37-54)67-53/h6,8,11-14,17-19,21-22,24-25,27,41-43,46-54,57-62H,3-5,7,9-10,15-16,20,23,26,28-40H2,1-2H3/b8-6+,13-11+,14-12+,19-17+,21-18+,24-22+,27-25+/t41-,42+,43+,46-,47-,48?,49?,50?,51?,52+,53+/m1/s1. The molecule has 15 nitrogen and oxygen atoms in total. The molecule has 7 N–H and O–H groups in total. The van der Waals surface area contributed by atoms with Crippen molar-refractivity contribution in [2.24, 2.45) is 0 Å². The summed E-state index contributed by atoms with van der Waals surface area (Å²) in [4.78, 5) is 25.7. The van der Waals surface area contributed by atoms with Crippen LogP contribution in [0.25, 0.3) is 0 Å². The molecule has 0 bridgehead atoms.